The fourth-order valence-electron chi connectivity index (χ4n) is 1.45. The first-order valence-electron chi connectivity index (χ1n) is 3.97. The van der Waals surface area contributed by atoms with E-state index < -0.39 is 0 Å². The van der Waals surface area contributed by atoms with Crippen LogP contribution in [0.2, 0.25) is 0 Å². The highest BCUT2D eigenvalue weighted by molar-refractivity contribution is 5.77. The Hall–Kier alpha value is -0.410. The zero-order chi connectivity index (χ0) is 8.27. The lowest BCUT2D eigenvalue weighted by molar-refractivity contribution is -0.117. The molecule has 0 radical (unpaired) electrons. The number of ether oxygens (including phenoxy) is 1. The Balaban J connectivity index is 2.24. The van der Waals surface area contributed by atoms with E-state index in [0.717, 1.165) is 19.5 Å². The number of carbonyl (C=O) groups excluding carboxylic acids is 1. The number of likely N-dealkylation sites (tertiary alicyclic amines) is 1. The first kappa shape index (κ1) is 8.68. The molecule has 64 valence electrons. The van der Waals surface area contributed by atoms with E-state index in [4.69, 9.17) is 4.74 Å². The molecule has 0 aromatic carbocycles. The van der Waals surface area contributed by atoms with Gasteiger partial charge in [0.25, 0.3) is 0 Å². The minimum absolute atomic E-state index is 0.238. The lowest BCUT2D eigenvalue weighted by Gasteiger charge is -2.12. The highest BCUT2D eigenvalue weighted by Gasteiger charge is 2.22. The summed E-state index contributed by atoms with van der Waals surface area (Å²) in [6.45, 7) is 4.12. The van der Waals surface area contributed by atoms with Crippen molar-refractivity contribution in [2.24, 2.45) is 0 Å². The van der Waals surface area contributed by atoms with E-state index in [1.807, 2.05) is 0 Å². The van der Waals surface area contributed by atoms with E-state index in [2.05, 4.69) is 4.90 Å². The second-order valence-electron chi connectivity index (χ2n) is 3.08. The maximum absolute atomic E-state index is 10.7. The van der Waals surface area contributed by atoms with Gasteiger partial charge < -0.3 is 4.74 Å². The molecule has 0 bridgehead atoms. The first-order valence-corrected chi connectivity index (χ1v) is 3.97. The van der Waals surface area contributed by atoms with Crippen LogP contribution in [-0.4, -0.2) is 43.5 Å². The zero-order valence-corrected chi connectivity index (χ0v) is 7.17. The van der Waals surface area contributed by atoms with Gasteiger partial charge in [0.1, 0.15) is 5.78 Å². The molecule has 1 rings (SSSR count). The Kier molecular flexibility index (Phi) is 3.02. The molecular weight excluding hydrogens is 142 g/mol. The van der Waals surface area contributed by atoms with Crippen LogP contribution in [0.1, 0.15) is 13.3 Å². The minimum Gasteiger partial charge on any atom is -0.380 e. The van der Waals surface area contributed by atoms with Gasteiger partial charge in [0, 0.05) is 20.2 Å². The van der Waals surface area contributed by atoms with Crippen LogP contribution in [-0.2, 0) is 9.53 Å². The van der Waals surface area contributed by atoms with E-state index >= 15 is 0 Å². The van der Waals surface area contributed by atoms with Gasteiger partial charge in [-0.15, -0.1) is 0 Å². The summed E-state index contributed by atoms with van der Waals surface area (Å²) in [5, 5.41) is 0. The van der Waals surface area contributed by atoms with Gasteiger partial charge in [-0.05, 0) is 13.3 Å². The SMILES string of the molecule is COC1CCN(CC(C)=O)C1. The molecule has 3 nitrogen and oxygen atoms in total. The highest BCUT2D eigenvalue weighted by atomic mass is 16.5. The second kappa shape index (κ2) is 3.83. The minimum atomic E-state index is 0.238. The molecule has 1 aliphatic heterocycles. The third-order valence-electron chi connectivity index (χ3n) is 2.01. The smallest absolute Gasteiger partial charge is 0.143 e. The second-order valence-corrected chi connectivity index (χ2v) is 3.08. The van der Waals surface area contributed by atoms with Gasteiger partial charge in [-0.3, -0.25) is 9.69 Å². The largest absolute Gasteiger partial charge is 0.380 e. The molecule has 1 unspecified atom stereocenters. The predicted octanol–water partition coefficient (Wildman–Crippen LogP) is 0.296. The molecule has 0 amide bonds. The molecule has 1 atom stereocenters. The Bertz CT molecular complexity index is 147. The Labute approximate surface area is 67.3 Å². The third-order valence-corrected chi connectivity index (χ3v) is 2.01. The van der Waals surface area contributed by atoms with Crippen LogP contribution >= 0.6 is 0 Å². The van der Waals surface area contributed by atoms with Gasteiger partial charge in [0.15, 0.2) is 0 Å². The van der Waals surface area contributed by atoms with Crippen LogP contribution in [0, 0.1) is 0 Å². The number of hydrogen-bond donors (Lipinski definition) is 0. The van der Waals surface area contributed by atoms with E-state index in [9.17, 15) is 4.79 Å². The van der Waals surface area contributed by atoms with Gasteiger partial charge in [0.05, 0.1) is 12.6 Å². The Morgan fingerprint density at radius 1 is 1.73 bits per heavy atom. The summed E-state index contributed by atoms with van der Waals surface area (Å²) in [7, 11) is 1.72. The number of nitrogens with zero attached hydrogens (tertiary/aromatic N) is 1. The fraction of sp³-hybridized carbons (Fsp3) is 0.875. The summed E-state index contributed by atoms with van der Waals surface area (Å²) in [5.41, 5.74) is 0. The van der Waals surface area contributed by atoms with Crippen molar-refractivity contribution < 1.29 is 9.53 Å². The Morgan fingerprint density at radius 3 is 2.91 bits per heavy atom. The Morgan fingerprint density at radius 2 is 2.45 bits per heavy atom. The van der Waals surface area contributed by atoms with Crippen molar-refractivity contribution in [2.45, 2.75) is 19.4 Å². The van der Waals surface area contributed by atoms with Gasteiger partial charge in [-0.25, -0.2) is 0 Å². The van der Waals surface area contributed by atoms with Gasteiger partial charge in [-0.2, -0.15) is 0 Å². The molecule has 1 aliphatic rings. The van der Waals surface area contributed by atoms with Crippen molar-refractivity contribution in [3.05, 3.63) is 0 Å². The summed E-state index contributed by atoms with van der Waals surface area (Å²) in [4.78, 5) is 12.8. The number of ketones is 1. The maximum atomic E-state index is 10.7. The first-order chi connectivity index (χ1) is 5.22. The molecule has 1 fully saturated rings. The lowest BCUT2D eigenvalue weighted by atomic mass is 10.3. The zero-order valence-electron chi connectivity index (χ0n) is 7.17. The van der Waals surface area contributed by atoms with E-state index in [1.54, 1.807) is 14.0 Å². The fourth-order valence-corrected chi connectivity index (χ4v) is 1.45. The van der Waals surface area contributed by atoms with Gasteiger partial charge in [0.2, 0.25) is 0 Å². The summed E-state index contributed by atoms with van der Waals surface area (Å²) >= 11 is 0. The summed E-state index contributed by atoms with van der Waals surface area (Å²) in [6.07, 6.45) is 1.40. The molecule has 0 aromatic heterocycles. The summed E-state index contributed by atoms with van der Waals surface area (Å²) in [5.74, 6) is 0.238. The van der Waals surface area contributed by atoms with E-state index in [1.165, 1.54) is 0 Å². The number of rotatable bonds is 3. The molecule has 3 heteroatoms. The topological polar surface area (TPSA) is 29.5 Å². The van der Waals surface area contributed by atoms with Crippen LogP contribution in [0.3, 0.4) is 0 Å². The van der Waals surface area contributed by atoms with Crippen LogP contribution in [0.25, 0.3) is 0 Å². The average Bonchev–Trinajstić information content (AvgIpc) is 2.34. The monoisotopic (exact) mass is 157 g/mol. The highest BCUT2D eigenvalue weighted by Crippen LogP contribution is 2.10. The van der Waals surface area contributed by atoms with Crippen molar-refractivity contribution in [3.8, 4) is 0 Å². The van der Waals surface area contributed by atoms with Gasteiger partial charge in [-0.1, -0.05) is 0 Å². The van der Waals surface area contributed by atoms with Gasteiger partial charge >= 0.3 is 0 Å². The summed E-state index contributed by atoms with van der Waals surface area (Å²) < 4.78 is 5.17. The predicted molar refractivity (Wildman–Crippen MR) is 42.5 cm³/mol. The molecule has 1 heterocycles. The van der Waals surface area contributed by atoms with Crippen molar-refractivity contribution in [2.75, 3.05) is 26.7 Å². The normalized spacial score (nSPS) is 25.8. The molecule has 0 saturated carbocycles. The lowest BCUT2D eigenvalue weighted by Crippen LogP contribution is -2.27. The van der Waals surface area contributed by atoms with E-state index in [0.29, 0.717) is 12.6 Å². The number of carbonyl (C=O) groups is 1. The molecular formula is C8H15NO2. The molecule has 0 N–H and O–H groups in total. The number of hydrogen-bond acceptors (Lipinski definition) is 3. The van der Waals surface area contributed by atoms with Crippen LogP contribution in [0.5, 0.6) is 0 Å². The molecule has 11 heavy (non-hydrogen) atoms. The molecule has 0 aliphatic carbocycles. The third kappa shape index (κ3) is 2.60. The van der Waals surface area contributed by atoms with E-state index in [-0.39, 0.29) is 5.78 Å². The maximum Gasteiger partial charge on any atom is 0.143 e. The molecule has 0 aromatic rings. The average molecular weight is 157 g/mol. The van der Waals surface area contributed by atoms with Crippen molar-refractivity contribution in [3.63, 3.8) is 0 Å². The van der Waals surface area contributed by atoms with Crippen LogP contribution in [0.15, 0.2) is 0 Å². The van der Waals surface area contributed by atoms with Crippen LogP contribution in [0.4, 0.5) is 0 Å². The number of methoxy groups -OCH3 is 1. The summed E-state index contributed by atoms with van der Waals surface area (Å²) in [6, 6.07) is 0. The van der Waals surface area contributed by atoms with Crippen molar-refractivity contribution in [1.82, 2.24) is 4.90 Å². The van der Waals surface area contributed by atoms with Crippen LogP contribution < -0.4 is 0 Å². The van der Waals surface area contributed by atoms with Crippen molar-refractivity contribution >= 4 is 5.78 Å². The standard InChI is InChI=1S/C8H15NO2/c1-7(10)5-9-4-3-8(6-9)11-2/h8H,3-6H2,1-2H3. The quantitative estimate of drug-likeness (QED) is 0.590. The number of Topliss-reactive ketones (excluding diaryl/α,β-unsaturated/α-hetero) is 1. The molecule has 0 spiro atoms. The molecule has 1 saturated heterocycles. The van der Waals surface area contributed by atoms with Crippen molar-refractivity contribution in [1.29, 1.82) is 0 Å².